The summed E-state index contributed by atoms with van der Waals surface area (Å²) in [5.74, 6) is -0.0624. The second-order valence-corrected chi connectivity index (χ2v) is 4.20. The highest BCUT2D eigenvalue weighted by Gasteiger charge is 2.10. The third kappa shape index (κ3) is 2.60. The molecule has 0 aliphatic heterocycles. The summed E-state index contributed by atoms with van der Waals surface area (Å²) in [6.07, 6.45) is 0. The van der Waals surface area contributed by atoms with Crippen LogP contribution in [0, 0.1) is 0 Å². The molecule has 0 bridgehead atoms. The van der Waals surface area contributed by atoms with Gasteiger partial charge < -0.3 is 20.6 Å². The van der Waals surface area contributed by atoms with Crippen LogP contribution in [0.25, 0.3) is 11.0 Å². The fraction of sp³-hybridized carbons (Fsp3) is 0.333. The van der Waals surface area contributed by atoms with Crippen LogP contribution in [0.1, 0.15) is 18.5 Å². The molecule has 0 saturated carbocycles. The Morgan fingerprint density at radius 1 is 1.33 bits per heavy atom. The maximum Gasteiger partial charge on any atom is 0.323 e. The third-order valence-corrected chi connectivity index (χ3v) is 2.75. The van der Waals surface area contributed by atoms with Crippen molar-refractivity contribution < 1.29 is 4.79 Å². The van der Waals surface area contributed by atoms with Gasteiger partial charge in [0.25, 0.3) is 0 Å². The van der Waals surface area contributed by atoms with Crippen molar-refractivity contribution >= 4 is 16.9 Å². The average molecular weight is 248 g/mol. The van der Waals surface area contributed by atoms with Gasteiger partial charge in [-0.2, -0.15) is 0 Å². The summed E-state index contributed by atoms with van der Waals surface area (Å²) in [6, 6.07) is 5.46. The SMILES string of the molecule is CNCC(=O)NC(C)c1ccc2[nH]c(=O)[nH]c2c1. The van der Waals surface area contributed by atoms with E-state index in [9.17, 15) is 9.59 Å². The van der Waals surface area contributed by atoms with Crippen LogP contribution in [0.15, 0.2) is 23.0 Å². The fourth-order valence-electron chi connectivity index (χ4n) is 1.86. The minimum absolute atomic E-state index is 0.0624. The second kappa shape index (κ2) is 5.05. The predicted octanol–water partition coefficient (Wildman–Crippen LogP) is 0.253. The Kier molecular flexibility index (Phi) is 3.47. The number of imidazole rings is 1. The molecule has 1 heterocycles. The van der Waals surface area contributed by atoms with Crippen LogP contribution in [-0.2, 0) is 4.79 Å². The molecule has 2 aromatic rings. The molecule has 0 aliphatic carbocycles. The minimum atomic E-state index is -0.228. The molecule has 18 heavy (non-hydrogen) atoms. The number of aromatic nitrogens is 2. The van der Waals surface area contributed by atoms with Gasteiger partial charge in [-0.3, -0.25) is 4.79 Å². The molecule has 0 radical (unpaired) electrons. The Balaban J connectivity index is 2.19. The smallest absolute Gasteiger partial charge is 0.323 e. The molecule has 0 spiro atoms. The van der Waals surface area contributed by atoms with Crippen LogP contribution in [0.4, 0.5) is 0 Å². The van der Waals surface area contributed by atoms with Gasteiger partial charge in [-0.25, -0.2) is 4.79 Å². The predicted molar refractivity (Wildman–Crippen MR) is 69.4 cm³/mol. The van der Waals surface area contributed by atoms with Gasteiger partial charge in [0.1, 0.15) is 0 Å². The summed E-state index contributed by atoms with van der Waals surface area (Å²) < 4.78 is 0. The van der Waals surface area contributed by atoms with Crippen molar-refractivity contribution in [3.63, 3.8) is 0 Å². The molecule has 0 saturated heterocycles. The molecular weight excluding hydrogens is 232 g/mol. The average Bonchev–Trinajstić information content (AvgIpc) is 2.68. The lowest BCUT2D eigenvalue weighted by molar-refractivity contribution is -0.120. The van der Waals surface area contributed by atoms with Crippen molar-refractivity contribution in [2.75, 3.05) is 13.6 Å². The van der Waals surface area contributed by atoms with Gasteiger partial charge in [-0.05, 0) is 31.7 Å². The number of H-pyrrole nitrogens is 2. The number of hydrogen-bond donors (Lipinski definition) is 4. The van der Waals surface area contributed by atoms with Crippen molar-refractivity contribution in [2.24, 2.45) is 0 Å². The van der Waals surface area contributed by atoms with E-state index in [1.165, 1.54) is 0 Å². The van der Waals surface area contributed by atoms with Crippen molar-refractivity contribution in [2.45, 2.75) is 13.0 Å². The van der Waals surface area contributed by atoms with Crippen molar-refractivity contribution in [1.29, 1.82) is 0 Å². The zero-order chi connectivity index (χ0) is 13.1. The van der Waals surface area contributed by atoms with Gasteiger partial charge in [0.15, 0.2) is 0 Å². The number of amides is 1. The number of fused-ring (bicyclic) bond motifs is 1. The Hall–Kier alpha value is -2.08. The fourth-order valence-corrected chi connectivity index (χ4v) is 1.86. The molecule has 96 valence electrons. The number of nitrogens with one attached hydrogen (secondary N) is 4. The molecule has 0 fully saturated rings. The van der Waals surface area contributed by atoms with Crippen molar-refractivity contribution in [1.82, 2.24) is 20.6 Å². The summed E-state index contributed by atoms with van der Waals surface area (Å²) in [4.78, 5) is 28.0. The molecule has 4 N–H and O–H groups in total. The van der Waals surface area contributed by atoms with Gasteiger partial charge in [0.2, 0.25) is 5.91 Å². The highest BCUT2D eigenvalue weighted by Crippen LogP contribution is 2.16. The Bertz CT molecular complexity index is 614. The van der Waals surface area contributed by atoms with Crippen LogP contribution in [0.5, 0.6) is 0 Å². The first kappa shape index (κ1) is 12.4. The molecule has 2 rings (SSSR count). The first-order chi connectivity index (χ1) is 8.60. The van der Waals surface area contributed by atoms with E-state index in [-0.39, 0.29) is 24.2 Å². The summed E-state index contributed by atoms with van der Waals surface area (Å²) in [7, 11) is 1.72. The summed E-state index contributed by atoms with van der Waals surface area (Å²) in [5, 5.41) is 5.66. The van der Waals surface area contributed by atoms with E-state index in [1.807, 2.05) is 25.1 Å². The molecule has 1 aromatic heterocycles. The van der Waals surface area contributed by atoms with Crippen LogP contribution in [-0.4, -0.2) is 29.5 Å². The van der Waals surface area contributed by atoms with Crippen LogP contribution >= 0.6 is 0 Å². The first-order valence-electron chi connectivity index (χ1n) is 5.76. The van der Waals surface area contributed by atoms with Gasteiger partial charge >= 0.3 is 5.69 Å². The van der Waals surface area contributed by atoms with E-state index in [0.717, 1.165) is 16.6 Å². The number of hydrogen-bond acceptors (Lipinski definition) is 3. The molecule has 1 atom stereocenters. The number of carbonyl (C=O) groups is 1. The van der Waals surface area contributed by atoms with Crippen molar-refractivity contribution in [3.05, 3.63) is 34.2 Å². The van der Waals surface area contributed by atoms with E-state index in [0.29, 0.717) is 0 Å². The standard InChI is InChI=1S/C12H16N4O2/c1-7(14-11(17)6-13-2)8-3-4-9-10(5-8)16-12(18)15-9/h3-5,7,13H,6H2,1-2H3,(H,14,17)(H2,15,16,18). The second-order valence-electron chi connectivity index (χ2n) is 4.20. The first-order valence-corrected chi connectivity index (χ1v) is 5.76. The number of aromatic amines is 2. The zero-order valence-corrected chi connectivity index (χ0v) is 10.3. The summed E-state index contributed by atoms with van der Waals surface area (Å²) in [5.41, 5.74) is 2.22. The van der Waals surface area contributed by atoms with E-state index in [4.69, 9.17) is 0 Å². The Morgan fingerprint density at radius 2 is 2.06 bits per heavy atom. The van der Waals surface area contributed by atoms with E-state index in [1.54, 1.807) is 7.05 Å². The van der Waals surface area contributed by atoms with Gasteiger partial charge in [0, 0.05) is 0 Å². The minimum Gasteiger partial charge on any atom is -0.348 e. The maximum atomic E-state index is 11.5. The molecule has 1 unspecified atom stereocenters. The zero-order valence-electron chi connectivity index (χ0n) is 10.3. The molecule has 6 nitrogen and oxygen atoms in total. The number of likely N-dealkylation sites (N-methyl/N-ethyl adjacent to an activating group) is 1. The summed E-state index contributed by atoms with van der Waals surface area (Å²) >= 11 is 0. The molecule has 6 heteroatoms. The van der Waals surface area contributed by atoms with Gasteiger partial charge in [0.05, 0.1) is 23.6 Å². The topological polar surface area (TPSA) is 89.8 Å². The lowest BCUT2D eigenvalue weighted by Gasteiger charge is -2.14. The Morgan fingerprint density at radius 3 is 2.78 bits per heavy atom. The lowest BCUT2D eigenvalue weighted by atomic mass is 10.1. The van der Waals surface area contributed by atoms with Crippen LogP contribution in [0.3, 0.4) is 0 Å². The highest BCUT2D eigenvalue weighted by atomic mass is 16.2. The lowest BCUT2D eigenvalue weighted by Crippen LogP contribution is -2.33. The number of rotatable bonds is 4. The van der Waals surface area contributed by atoms with Crippen LogP contribution < -0.4 is 16.3 Å². The maximum absolute atomic E-state index is 11.5. The van der Waals surface area contributed by atoms with E-state index >= 15 is 0 Å². The third-order valence-electron chi connectivity index (χ3n) is 2.75. The quantitative estimate of drug-likeness (QED) is 0.625. The van der Waals surface area contributed by atoms with Gasteiger partial charge in [-0.15, -0.1) is 0 Å². The monoisotopic (exact) mass is 248 g/mol. The highest BCUT2D eigenvalue weighted by molar-refractivity contribution is 5.79. The summed E-state index contributed by atoms with van der Waals surface area (Å²) in [6.45, 7) is 2.19. The Labute approximate surface area is 104 Å². The molecule has 1 aromatic carbocycles. The number of carbonyl (C=O) groups excluding carboxylic acids is 1. The van der Waals surface area contributed by atoms with Crippen LogP contribution in [0.2, 0.25) is 0 Å². The number of benzene rings is 1. The normalized spacial score (nSPS) is 12.6. The molecule has 0 aliphatic rings. The largest absolute Gasteiger partial charge is 0.348 e. The molecular formula is C12H16N4O2. The van der Waals surface area contributed by atoms with E-state index in [2.05, 4.69) is 20.6 Å². The van der Waals surface area contributed by atoms with Crippen molar-refractivity contribution in [3.8, 4) is 0 Å². The van der Waals surface area contributed by atoms with Gasteiger partial charge in [-0.1, -0.05) is 6.07 Å². The molecule has 1 amide bonds. The van der Waals surface area contributed by atoms with E-state index < -0.39 is 0 Å².